The van der Waals surface area contributed by atoms with Crippen LogP contribution in [0.3, 0.4) is 0 Å². The number of rotatable bonds is 9. The summed E-state index contributed by atoms with van der Waals surface area (Å²) in [6.07, 6.45) is 0.675. The highest BCUT2D eigenvalue weighted by Gasteiger charge is 2.44. The third-order valence-corrected chi connectivity index (χ3v) is 7.71. The Bertz CT molecular complexity index is 246. The van der Waals surface area contributed by atoms with E-state index in [1.165, 1.54) is 0 Å². The van der Waals surface area contributed by atoms with Crippen molar-refractivity contribution >= 4 is 34.6 Å². The molecule has 7 heteroatoms. The maximum Gasteiger partial charge on any atom is 0.469 e. The van der Waals surface area contributed by atoms with Crippen LogP contribution < -0.4 is 0 Å². The number of hydrogen-bond acceptors (Lipinski definition) is 5. The highest BCUT2D eigenvalue weighted by molar-refractivity contribution is 7.80. The molecule has 2 radical (unpaired) electrons. The fraction of sp³-hybridized carbons (Fsp3) is 0.917. The topological polar surface area (TPSA) is 36.9 Å². The van der Waals surface area contributed by atoms with Crippen molar-refractivity contribution < 1.29 is 18.0 Å². The molecule has 0 unspecified atom stereocenters. The molecule has 0 aromatic rings. The number of hydrogen-bond donors (Lipinski definition) is 0. The van der Waals surface area contributed by atoms with Crippen LogP contribution in [-0.4, -0.2) is 47.0 Å². The van der Waals surface area contributed by atoms with Gasteiger partial charge in [0.05, 0.1) is 6.23 Å². The Kier molecular flexibility index (Phi) is 9.30. The third-order valence-electron chi connectivity index (χ3n) is 1.74. The fourth-order valence-corrected chi connectivity index (χ4v) is 7.89. The Morgan fingerprint density at radius 2 is 1.32 bits per heavy atom. The molecule has 0 amide bonds. The molecule has 112 valence electrons. The van der Waals surface area contributed by atoms with Crippen molar-refractivity contribution in [3.63, 3.8) is 0 Å². The Labute approximate surface area is 126 Å². The second-order valence-electron chi connectivity index (χ2n) is 5.01. The predicted molar refractivity (Wildman–Crippen MR) is 84.4 cm³/mol. The SMILES string of the molecule is CC(=S)OC[Si][Si](OC(C)C)(OC(C)C)OC(C)C. The zero-order chi connectivity index (χ0) is 15.1. The van der Waals surface area contributed by atoms with Crippen LogP contribution in [0, 0.1) is 0 Å². The molecule has 0 aliphatic heterocycles. The van der Waals surface area contributed by atoms with E-state index in [0.29, 0.717) is 20.3 Å². The van der Waals surface area contributed by atoms with Crippen molar-refractivity contribution in [2.45, 2.75) is 66.8 Å². The van der Waals surface area contributed by atoms with Gasteiger partial charge in [0.25, 0.3) is 0 Å². The molecule has 0 spiro atoms. The van der Waals surface area contributed by atoms with Gasteiger partial charge in [0.2, 0.25) is 0 Å². The van der Waals surface area contributed by atoms with E-state index in [0.717, 1.165) is 0 Å². The number of thiocarbonyl (C=S) groups is 1. The summed E-state index contributed by atoms with van der Waals surface area (Å²) >= 11 is 4.92. The molecule has 0 aromatic heterocycles. The van der Waals surface area contributed by atoms with Crippen molar-refractivity contribution in [1.82, 2.24) is 0 Å². The van der Waals surface area contributed by atoms with Gasteiger partial charge in [0.1, 0.15) is 0 Å². The Balaban J connectivity index is 4.82. The minimum atomic E-state index is -2.71. The first-order chi connectivity index (χ1) is 8.67. The van der Waals surface area contributed by atoms with E-state index in [9.17, 15) is 0 Å². The lowest BCUT2D eigenvalue weighted by Gasteiger charge is -2.34. The molecule has 0 aliphatic carbocycles. The highest BCUT2D eigenvalue weighted by atomic mass is 32.1. The quantitative estimate of drug-likeness (QED) is 0.482. The van der Waals surface area contributed by atoms with Crippen molar-refractivity contribution in [3.8, 4) is 0 Å². The van der Waals surface area contributed by atoms with Crippen LogP contribution in [0.25, 0.3) is 0 Å². The smallest absolute Gasteiger partial charge is 0.469 e. The van der Waals surface area contributed by atoms with Gasteiger partial charge in [-0.2, -0.15) is 0 Å². The Morgan fingerprint density at radius 3 is 1.58 bits per heavy atom. The van der Waals surface area contributed by atoms with Gasteiger partial charge in [-0.1, -0.05) is 0 Å². The van der Waals surface area contributed by atoms with Gasteiger partial charge < -0.3 is 18.0 Å². The molecular formula is C12H26O4SSi2. The van der Waals surface area contributed by atoms with Gasteiger partial charge in [-0.25, -0.2) is 0 Å². The van der Waals surface area contributed by atoms with Gasteiger partial charge in [0, 0.05) is 25.2 Å². The summed E-state index contributed by atoms with van der Waals surface area (Å²) in [6, 6.07) is 0. The van der Waals surface area contributed by atoms with Crippen LogP contribution in [0.1, 0.15) is 48.5 Å². The van der Waals surface area contributed by atoms with E-state index in [-0.39, 0.29) is 18.3 Å². The molecule has 0 bridgehead atoms. The van der Waals surface area contributed by atoms with E-state index in [4.69, 9.17) is 30.2 Å². The van der Waals surface area contributed by atoms with Gasteiger partial charge in [-0.3, -0.25) is 0 Å². The van der Waals surface area contributed by atoms with Crippen molar-refractivity contribution in [2.75, 3.05) is 6.23 Å². The van der Waals surface area contributed by atoms with Gasteiger partial charge in [0.15, 0.2) is 14.1 Å². The summed E-state index contributed by atoms with van der Waals surface area (Å²) < 4.78 is 23.5. The summed E-state index contributed by atoms with van der Waals surface area (Å²) in [5, 5.41) is 0.536. The molecule has 0 rings (SSSR count). The first-order valence-electron chi connectivity index (χ1n) is 6.58. The Hall–Kier alpha value is 0.204. The fourth-order valence-electron chi connectivity index (χ4n) is 1.37. The average Bonchev–Trinajstić information content (AvgIpc) is 2.12. The van der Waals surface area contributed by atoms with E-state index in [2.05, 4.69) is 0 Å². The van der Waals surface area contributed by atoms with E-state index >= 15 is 0 Å². The summed E-state index contributed by atoms with van der Waals surface area (Å²) in [5.74, 6) is 0. The lowest BCUT2D eigenvalue weighted by atomic mass is 10.5. The van der Waals surface area contributed by atoms with Gasteiger partial charge in [-0.15, -0.1) is 0 Å². The van der Waals surface area contributed by atoms with Crippen molar-refractivity contribution in [2.24, 2.45) is 0 Å². The molecule has 0 saturated heterocycles. The average molecular weight is 323 g/mol. The zero-order valence-corrected chi connectivity index (χ0v) is 15.8. The largest absolute Gasteiger partial charge is 0.491 e. The predicted octanol–water partition coefficient (Wildman–Crippen LogP) is 2.72. The van der Waals surface area contributed by atoms with E-state index < -0.39 is 8.32 Å². The molecule has 0 aliphatic rings. The van der Waals surface area contributed by atoms with Crippen LogP contribution in [0.4, 0.5) is 0 Å². The molecule has 0 fully saturated rings. The lowest BCUT2D eigenvalue weighted by molar-refractivity contribution is 0.0209. The Morgan fingerprint density at radius 1 is 0.947 bits per heavy atom. The molecule has 4 nitrogen and oxygen atoms in total. The van der Waals surface area contributed by atoms with Crippen LogP contribution in [0.5, 0.6) is 0 Å². The van der Waals surface area contributed by atoms with Gasteiger partial charge in [-0.05, 0) is 53.8 Å². The summed E-state index contributed by atoms with van der Waals surface area (Å²) in [7, 11) is -2.38. The third kappa shape index (κ3) is 9.69. The minimum absolute atomic E-state index is 0.0604. The second-order valence-corrected chi connectivity index (χ2v) is 10.9. The molecule has 19 heavy (non-hydrogen) atoms. The normalized spacial score (nSPS) is 12.5. The zero-order valence-electron chi connectivity index (χ0n) is 13.0. The van der Waals surface area contributed by atoms with Crippen LogP contribution in [0.15, 0.2) is 0 Å². The number of ether oxygens (including phenoxy) is 1. The van der Waals surface area contributed by atoms with Crippen LogP contribution in [-0.2, 0) is 18.0 Å². The van der Waals surface area contributed by atoms with Crippen molar-refractivity contribution in [3.05, 3.63) is 0 Å². The summed E-state index contributed by atoms with van der Waals surface area (Å²) in [6.45, 7) is 13.7. The first-order valence-corrected chi connectivity index (χ1v) is 10.9. The van der Waals surface area contributed by atoms with E-state index in [1.54, 1.807) is 6.92 Å². The summed E-state index contributed by atoms with van der Waals surface area (Å²) in [5.41, 5.74) is 0. The van der Waals surface area contributed by atoms with Crippen LogP contribution in [0.2, 0.25) is 0 Å². The lowest BCUT2D eigenvalue weighted by Crippen LogP contribution is -2.57. The van der Waals surface area contributed by atoms with Crippen molar-refractivity contribution in [1.29, 1.82) is 0 Å². The maximum atomic E-state index is 6.02. The molecule has 0 N–H and O–H groups in total. The molecule has 0 heterocycles. The van der Waals surface area contributed by atoms with Gasteiger partial charge >= 0.3 is 8.32 Å². The summed E-state index contributed by atoms with van der Waals surface area (Å²) in [4.78, 5) is 0. The van der Waals surface area contributed by atoms with Crippen LogP contribution >= 0.6 is 12.2 Å². The minimum Gasteiger partial charge on any atom is -0.491 e. The second kappa shape index (κ2) is 9.20. The molecular weight excluding hydrogens is 296 g/mol. The molecule has 0 saturated carbocycles. The molecule has 0 atom stereocenters. The molecule has 0 aromatic carbocycles. The van der Waals surface area contributed by atoms with E-state index in [1.807, 2.05) is 41.5 Å². The monoisotopic (exact) mass is 322 g/mol. The standard InChI is InChI=1S/C12H26O4SSi2/c1-9(2)14-19(15-10(3)4,16-11(5)6)18-8-13-12(7)17/h9-11H,8H2,1-7H3. The highest BCUT2D eigenvalue weighted by Crippen LogP contribution is 2.16. The first kappa shape index (κ1) is 19.2. The maximum absolute atomic E-state index is 6.02.